The first kappa shape index (κ1) is 32.4. The summed E-state index contributed by atoms with van der Waals surface area (Å²) in [5.74, 6) is -8.40. The van der Waals surface area contributed by atoms with Crippen LogP contribution in [0.3, 0.4) is 0 Å². The van der Waals surface area contributed by atoms with E-state index in [1.54, 1.807) is 24.3 Å². The Hall–Kier alpha value is -5.04. The number of aliphatic carboxylic acids is 2. The summed E-state index contributed by atoms with van der Waals surface area (Å²) in [5.41, 5.74) is 3.26. The van der Waals surface area contributed by atoms with E-state index in [0.717, 1.165) is 16.7 Å². The zero-order valence-electron chi connectivity index (χ0n) is 25.8. The maximum Gasteiger partial charge on any atom is 0.307 e. The van der Waals surface area contributed by atoms with Gasteiger partial charge in [-0.2, -0.15) is 0 Å². The van der Waals surface area contributed by atoms with Crippen LogP contribution in [0.5, 0.6) is 0 Å². The van der Waals surface area contributed by atoms with Crippen molar-refractivity contribution in [3.63, 3.8) is 0 Å². The molecule has 1 heterocycles. The molecule has 7 nitrogen and oxygen atoms in total. The first-order valence-corrected chi connectivity index (χ1v) is 15.7. The van der Waals surface area contributed by atoms with Crippen molar-refractivity contribution in [1.82, 2.24) is 4.90 Å². The maximum absolute atomic E-state index is 14.3. The number of likely N-dealkylation sites (tertiary alicyclic amines) is 1. The normalized spacial score (nSPS) is 18.9. The van der Waals surface area contributed by atoms with E-state index >= 15 is 0 Å². The van der Waals surface area contributed by atoms with Crippen LogP contribution in [0.4, 0.5) is 0 Å². The van der Waals surface area contributed by atoms with Crippen molar-refractivity contribution in [1.29, 1.82) is 0 Å². The number of amides is 2. The SMILES string of the molecule is CC(c1ccccc1)C1C(=O)N(Cc2ccccc2)C(=O)C1CC(c1ccccc1)C(C(=O)O)C(CCc1ccccc1)C(=O)O. The number of hydrogen-bond acceptors (Lipinski definition) is 4. The third-order valence-corrected chi connectivity index (χ3v) is 9.41. The lowest BCUT2D eigenvalue weighted by molar-refractivity contribution is -0.155. The van der Waals surface area contributed by atoms with Gasteiger partial charge in [-0.3, -0.25) is 24.1 Å². The van der Waals surface area contributed by atoms with Crippen molar-refractivity contribution < 1.29 is 29.4 Å². The summed E-state index contributed by atoms with van der Waals surface area (Å²) in [7, 11) is 0. The Labute approximate surface area is 269 Å². The number of carboxylic acid groups (broad SMARTS) is 2. The van der Waals surface area contributed by atoms with Gasteiger partial charge in [-0.1, -0.05) is 128 Å². The minimum absolute atomic E-state index is 0.0216. The van der Waals surface area contributed by atoms with Crippen LogP contribution in [-0.4, -0.2) is 38.9 Å². The van der Waals surface area contributed by atoms with Gasteiger partial charge in [0.2, 0.25) is 11.8 Å². The number of rotatable bonds is 14. The highest BCUT2D eigenvalue weighted by Gasteiger charge is 2.52. The average Bonchev–Trinajstić information content (AvgIpc) is 3.30. The molecule has 1 aliphatic heterocycles. The fraction of sp³-hybridized carbons (Fsp3) is 0.282. The first-order valence-electron chi connectivity index (χ1n) is 15.7. The average molecular weight is 618 g/mol. The van der Waals surface area contributed by atoms with E-state index in [9.17, 15) is 29.4 Å². The molecule has 46 heavy (non-hydrogen) atoms. The van der Waals surface area contributed by atoms with Crippen molar-refractivity contribution in [3.05, 3.63) is 144 Å². The molecule has 2 N–H and O–H groups in total. The monoisotopic (exact) mass is 617 g/mol. The fourth-order valence-corrected chi connectivity index (χ4v) is 7.02. The standard InChI is InChI=1S/C39H39NO6/c1-26(29-18-10-4-11-19-29)34-33(36(41)40(37(34)42)25-28-16-8-3-9-17-28)24-32(30-20-12-5-13-21-30)35(39(45)46)31(38(43)44)23-22-27-14-6-2-7-15-27/h2-21,26,31-35H,22-25H2,1H3,(H,43,44)(H,45,46). The minimum atomic E-state index is -1.33. The highest BCUT2D eigenvalue weighted by Crippen LogP contribution is 2.46. The molecule has 4 aromatic rings. The molecule has 0 radical (unpaired) electrons. The van der Waals surface area contributed by atoms with E-state index in [1.807, 2.05) is 104 Å². The Morgan fingerprint density at radius 3 is 1.70 bits per heavy atom. The molecule has 236 valence electrons. The Morgan fingerprint density at radius 2 is 1.17 bits per heavy atom. The molecule has 1 saturated heterocycles. The van der Waals surface area contributed by atoms with Crippen molar-refractivity contribution in [2.24, 2.45) is 23.7 Å². The summed E-state index contributed by atoms with van der Waals surface area (Å²) in [6.07, 6.45) is 0.525. The number of hydrogen-bond donors (Lipinski definition) is 2. The summed E-state index contributed by atoms with van der Waals surface area (Å²) in [6, 6.07) is 37.2. The molecule has 7 heteroatoms. The predicted molar refractivity (Wildman–Crippen MR) is 175 cm³/mol. The fourth-order valence-electron chi connectivity index (χ4n) is 7.02. The molecular weight excluding hydrogens is 578 g/mol. The number of carbonyl (C=O) groups excluding carboxylic acids is 2. The second-order valence-electron chi connectivity index (χ2n) is 12.2. The second-order valence-corrected chi connectivity index (χ2v) is 12.2. The second kappa shape index (κ2) is 14.8. The molecule has 0 bridgehead atoms. The van der Waals surface area contributed by atoms with Crippen LogP contribution in [0.15, 0.2) is 121 Å². The van der Waals surface area contributed by atoms with E-state index in [0.29, 0.717) is 12.0 Å². The molecule has 6 atom stereocenters. The molecule has 0 spiro atoms. The number of imide groups is 1. The third kappa shape index (κ3) is 7.26. The van der Waals surface area contributed by atoms with E-state index in [1.165, 1.54) is 4.90 Å². The van der Waals surface area contributed by atoms with Crippen LogP contribution in [0.25, 0.3) is 0 Å². The minimum Gasteiger partial charge on any atom is -0.481 e. The van der Waals surface area contributed by atoms with Crippen LogP contribution < -0.4 is 0 Å². The van der Waals surface area contributed by atoms with Crippen LogP contribution >= 0.6 is 0 Å². The van der Waals surface area contributed by atoms with Crippen LogP contribution in [0.1, 0.15) is 53.9 Å². The topological polar surface area (TPSA) is 112 Å². The van der Waals surface area contributed by atoms with Crippen molar-refractivity contribution in [2.75, 3.05) is 0 Å². The van der Waals surface area contributed by atoms with Crippen molar-refractivity contribution in [2.45, 2.75) is 44.6 Å². The molecule has 1 fully saturated rings. The van der Waals surface area contributed by atoms with Gasteiger partial charge < -0.3 is 10.2 Å². The molecule has 5 rings (SSSR count). The summed E-state index contributed by atoms with van der Waals surface area (Å²) < 4.78 is 0. The molecule has 4 aromatic carbocycles. The summed E-state index contributed by atoms with van der Waals surface area (Å²) in [4.78, 5) is 55.6. The third-order valence-electron chi connectivity index (χ3n) is 9.41. The lowest BCUT2D eigenvalue weighted by atomic mass is 9.69. The summed E-state index contributed by atoms with van der Waals surface area (Å²) in [6.45, 7) is 2.04. The molecular formula is C39H39NO6. The highest BCUT2D eigenvalue weighted by atomic mass is 16.4. The molecule has 6 unspecified atom stereocenters. The number of carbonyl (C=O) groups is 4. The number of carboxylic acids is 2. The van der Waals surface area contributed by atoms with Gasteiger partial charge in [0, 0.05) is 0 Å². The van der Waals surface area contributed by atoms with Gasteiger partial charge in [-0.15, -0.1) is 0 Å². The molecule has 0 aliphatic carbocycles. The number of benzene rings is 4. The van der Waals surface area contributed by atoms with Gasteiger partial charge in [0.15, 0.2) is 0 Å². The Kier molecular flexibility index (Phi) is 10.4. The van der Waals surface area contributed by atoms with Crippen molar-refractivity contribution in [3.8, 4) is 0 Å². The molecule has 0 aromatic heterocycles. The number of aryl methyl sites for hydroxylation is 1. The summed E-state index contributed by atoms with van der Waals surface area (Å²) >= 11 is 0. The lowest BCUT2D eigenvalue weighted by Gasteiger charge is -2.32. The van der Waals surface area contributed by atoms with Gasteiger partial charge >= 0.3 is 11.9 Å². The smallest absolute Gasteiger partial charge is 0.307 e. The van der Waals surface area contributed by atoms with Crippen LogP contribution in [0, 0.1) is 23.7 Å². The zero-order chi connectivity index (χ0) is 32.6. The van der Waals surface area contributed by atoms with E-state index in [-0.39, 0.29) is 37.1 Å². The largest absolute Gasteiger partial charge is 0.481 e. The van der Waals surface area contributed by atoms with Gasteiger partial charge in [-0.25, -0.2) is 0 Å². The van der Waals surface area contributed by atoms with Crippen LogP contribution in [-0.2, 0) is 32.1 Å². The zero-order valence-corrected chi connectivity index (χ0v) is 25.8. The van der Waals surface area contributed by atoms with Gasteiger partial charge in [0.25, 0.3) is 0 Å². The first-order chi connectivity index (χ1) is 22.3. The van der Waals surface area contributed by atoms with Crippen molar-refractivity contribution >= 4 is 23.8 Å². The van der Waals surface area contributed by atoms with Crippen LogP contribution in [0.2, 0.25) is 0 Å². The number of nitrogens with zero attached hydrogens (tertiary/aromatic N) is 1. The molecule has 1 aliphatic rings. The lowest BCUT2D eigenvalue weighted by Crippen LogP contribution is -2.37. The highest BCUT2D eigenvalue weighted by molar-refractivity contribution is 6.05. The van der Waals surface area contributed by atoms with E-state index in [2.05, 4.69) is 0 Å². The van der Waals surface area contributed by atoms with E-state index in [4.69, 9.17) is 0 Å². The molecule has 0 saturated carbocycles. The van der Waals surface area contributed by atoms with Gasteiger partial charge in [0.1, 0.15) is 0 Å². The maximum atomic E-state index is 14.3. The van der Waals surface area contributed by atoms with Gasteiger partial charge in [-0.05, 0) is 53.4 Å². The Balaban J connectivity index is 1.55. The molecule has 2 amide bonds. The Bertz CT molecular complexity index is 1630. The summed E-state index contributed by atoms with van der Waals surface area (Å²) in [5, 5.41) is 21.1. The quantitative estimate of drug-likeness (QED) is 0.151. The van der Waals surface area contributed by atoms with Gasteiger partial charge in [0.05, 0.1) is 30.2 Å². The van der Waals surface area contributed by atoms with E-state index < -0.39 is 41.5 Å². The Morgan fingerprint density at radius 1 is 0.674 bits per heavy atom. The predicted octanol–water partition coefficient (Wildman–Crippen LogP) is 6.80.